The Morgan fingerprint density at radius 1 is 1.50 bits per heavy atom. The van der Waals surface area contributed by atoms with Crippen LogP contribution in [0.5, 0.6) is 0 Å². The van der Waals surface area contributed by atoms with E-state index in [1.807, 2.05) is 25.3 Å². The Balaban J connectivity index is 1.72. The second-order valence-corrected chi connectivity index (χ2v) is 5.62. The van der Waals surface area contributed by atoms with E-state index in [-0.39, 0.29) is 5.91 Å². The molecule has 3 rings (SSSR count). The molecule has 18 heavy (non-hydrogen) atoms. The van der Waals surface area contributed by atoms with Crippen molar-refractivity contribution in [1.82, 2.24) is 9.47 Å². The van der Waals surface area contributed by atoms with Crippen LogP contribution in [-0.2, 0) is 0 Å². The highest BCUT2D eigenvalue weighted by atomic mass is 16.3. The quantitative estimate of drug-likeness (QED) is 0.886. The van der Waals surface area contributed by atoms with Crippen LogP contribution in [0, 0.1) is 0 Å². The van der Waals surface area contributed by atoms with E-state index in [2.05, 4.69) is 4.57 Å². The van der Waals surface area contributed by atoms with Gasteiger partial charge in [0.15, 0.2) is 0 Å². The molecular formula is C14H20N2O2. The molecule has 4 heteroatoms. The van der Waals surface area contributed by atoms with Crippen molar-refractivity contribution in [3.8, 4) is 0 Å². The lowest BCUT2D eigenvalue weighted by Crippen LogP contribution is -2.63. The SMILES string of the molecule is CCC1(O)CN(C(=O)c2cccn2C2CCC2)C1. The Kier molecular flexibility index (Phi) is 2.70. The Hall–Kier alpha value is -1.29. The first-order chi connectivity index (χ1) is 8.63. The van der Waals surface area contributed by atoms with Crippen LogP contribution in [0.4, 0.5) is 0 Å². The predicted octanol–water partition coefficient (Wildman–Crippen LogP) is 1.81. The second kappa shape index (κ2) is 4.12. The zero-order chi connectivity index (χ0) is 12.8. The zero-order valence-corrected chi connectivity index (χ0v) is 10.8. The highest BCUT2D eigenvalue weighted by Gasteiger charge is 2.43. The lowest BCUT2D eigenvalue weighted by atomic mass is 9.90. The Labute approximate surface area is 107 Å². The van der Waals surface area contributed by atoms with E-state index in [0.29, 0.717) is 25.6 Å². The van der Waals surface area contributed by atoms with Gasteiger partial charge in [0.25, 0.3) is 5.91 Å². The van der Waals surface area contributed by atoms with Crippen LogP contribution in [-0.4, -0.2) is 39.2 Å². The largest absolute Gasteiger partial charge is 0.386 e. The molecule has 0 aromatic carbocycles. The van der Waals surface area contributed by atoms with Gasteiger partial charge in [-0.1, -0.05) is 6.92 Å². The van der Waals surface area contributed by atoms with Crippen molar-refractivity contribution in [2.45, 2.75) is 44.2 Å². The summed E-state index contributed by atoms with van der Waals surface area (Å²) in [6.45, 7) is 2.90. The molecule has 1 aliphatic carbocycles. The number of aromatic nitrogens is 1. The van der Waals surface area contributed by atoms with Crippen molar-refractivity contribution in [2.24, 2.45) is 0 Å². The smallest absolute Gasteiger partial charge is 0.270 e. The number of β-amino-alcohol motifs (C(OH)–C–C–N with tert-alkyl or cyclic N) is 1. The third kappa shape index (κ3) is 1.75. The Morgan fingerprint density at radius 3 is 2.78 bits per heavy atom. The topological polar surface area (TPSA) is 45.5 Å². The molecule has 2 aliphatic rings. The average molecular weight is 248 g/mol. The highest BCUT2D eigenvalue weighted by molar-refractivity contribution is 5.93. The summed E-state index contributed by atoms with van der Waals surface area (Å²) < 4.78 is 2.11. The van der Waals surface area contributed by atoms with Crippen molar-refractivity contribution in [2.75, 3.05) is 13.1 Å². The average Bonchev–Trinajstić information content (AvgIpc) is 2.70. The Morgan fingerprint density at radius 2 is 2.22 bits per heavy atom. The van der Waals surface area contributed by atoms with Crippen LogP contribution in [0.1, 0.15) is 49.1 Å². The molecule has 1 N–H and O–H groups in total. The van der Waals surface area contributed by atoms with E-state index < -0.39 is 5.60 Å². The number of hydrogen-bond acceptors (Lipinski definition) is 2. The minimum absolute atomic E-state index is 0.0602. The molecule has 2 fully saturated rings. The first-order valence-corrected chi connectivity index (χ1v) is 6.81. The molecule has 1 aromatic rings. The van der Waals surface area contributed by atoms with Gasteiger partial charge in [-0.25, -0.2) is 0 Å². The third-order valence-corrected chi connectivity index (χ3v) is 4.38. The van der Waals surface area contributed by atoms with Crippen LogP contribution >= 0.6 is 0 Å². The van der Waals surface area contributed by atoms with E-state index in [9.17, 15) is 9.90 Å². The van der Waals surface area contributed by atoms with Gasteiger partial charge in [0.2, 0.25) is 0 Å². The monoisotopic (exact) mass is 248 g/mol. The summed E-state index contributed by atoms with van der Waals surface area (Å²) in [6, 6.07) is 4.34. The molecule has 4 nitrogen and oxygen atoms in total. The number of amides is 1. The van der Waals surface area contributed by atoms with Crippen molar-refractivity contribution in [3.63, 3.8) is 0 Å². The lowest BCUT2D eigenvalue weighted by Gasteiger charge is -2.46. The van der Waals surface area contributed by atoms with Gasteiger partial charge >= 0.3 is 0 Å². The number of carbonyl (C=O) groups is 1. The normalized spacial score (nSPS) is 22.4. The fourth-order valence-electron chi connectivity index (χ4n) is 2.75. The van der Waals surface area contributed by atoms with Gasteiger partial charge in [-0.15, -0.1) is 0 Å². The molecule has 0 bridgehead atoms. The maximum atomic E-state index is 12.4. The van der Waals surface area contributed by atoms with Crippen molar-refractivity contribution in [3.05, 3.63) is 24.0 Å². The molecule has 1 saturated carbocycles. The van der Waals surface area contributed by atoms with Crippen molar-refractivity contribution >= 4 is 5.91 Å². The molecule has 1 saturated heterocycles. The molecule has 1 amide bonds. The van der Waals surface area contributed by atoms with Gasteiger partial charge in [-0.2, -0.15) is 0 Å². The fraction of sp³-hybridized carbons (Fsp3) is 0.643. The van der Waals surface area contributed by atoms with Crippen LogP contribution in [0.2, 0.25) is 0 Å². The highest BCUT2D eigenvalue weighted by Crippen LogP contribution is 2.34. The summed E-state index contributed by atoms with van der Waals surface area (Å²) in [5, 5.41) is 9.97. The maximum absolute atomic E-state index is 12.4. The summed E-state index contributed by atoms with van der Waals surface area (Å²) in [7, 11) is 0. The number of nitrogens with zero attached hydrogens (tertiary/aromatic N) is 2. The van der Waals surface area contributed by atoms with Crippen LogP contribution in [0.25, 0.3) is 0 Å². The number of carbonyl (C=O) groups excluding carboxylic acids is 1. The van der Waals surface area contributed by atoms with Crippen LogP contribution < -0.4 is 0 Å². The molecule has 1 aliphatic heterocycles. The minimum atomic E-state index is -0.649. The fourth-order valence-corrected chi connectivity index (χ4v) is 2.75. The summed E-state index contributed by atoms with van der Waals surface area (Å²) in [5.41, 5.74) is 0.127. The standard InChI is InChI=1S/C14H20N2O2/c1-2-14(18)9-15(10-14)13(17)12-7-4-8-16(12)11-5-3-6-11/h4,7-8,11,18H,2-3,5-6,9-10H2,1H3. The predicted molar refractivity (Wildman–Crippen MR) is 68.5 cm³/mol. The van der Waals surface area contributed by atoms with E-state index in [1.54, 1.807) is 4.90 Å². The molecule has 1 aromatic heterocycles. The maximum Gasteiger partial charge on any atom is 0.270 e. The van der Waals surface area contributed by atoms with Crippen LogP contribution in [0.3, 0.4) is 0 Å². The minimum Gasteiger partial charge on any atom is -0.386 e. The van der Waals surface area contributed by atoms with Crippen molar-refractivity contribution < 1.29 is 9.90 Å². The van der Waals surface area contributed by atoms with Gasteiger partial charge in [0.05, 0.1) is 18.7 Å². The number of hydrogen-bond donors (Lipinski definition) is 1. The van der Waals surface area contributed by atoms with Gasteiger partial charge in [-0.05, 0) is 37.8 Å². The molecule has 2 heterocycles. The Bertz CT molecular complexity index is 456. The number of likely N-dealkylation sites (tertiary alicyclic amines) is 1. The van der Waals surface area contributed by atoms with Gasteiger partial charge in [0, 0.05) is 12.2 Å². The van der Waals surface area contributed by atoms with Crippen LogP contribution in [0.15, 0.2) is 18.3 Å². The van der Waals surface area contributed by atoms with Gasteiger partial charge < -0.3 is 14.6 Å². The number of rotatable bonds is 3. The first kappa shape index (κ1) is 11.8. The summed E-state index contributed by atoms with van der Waals surface area (Å²) in [6.07, 6.45) is 6.32. The zero-order valence-electron chi connectivity index (χ0n) is 10.8. The lowest BCUT2D eigenvalue weighted by molar-refractivity contribution is -0.0830. The molecule has 0 unspecified atom stereocenters. The molecule has 0 spiro atoms. The summed E-state index contributed by atoms with van der Waals surface area (Å²) >= 11 is 0. The summed E-state index contributed by atoms with van der Waals surface area (Å²) in [5.74, 6) is 0.0602. The van der Waals surface area contributed by atoms with E-state index in [0.717, 1.165) is 5.69 Å². The van der Waals surface area contributed by atoms with Gasteiger partial charge in [-0.3, -0.25) is 4.79 Å². The second-order valence-electron chi connectivity index (χ2n) is 5.62. The van der Waals surface area contributed by atoms with Crippen molar-refractivity contribution in [1.29, 1.82) is 0 Å². The third-order valence-electron chi connectivity index (χ3n) is 4.38. The molecule has 0 atom stereocenters. The molecule has 98 valence electrons. The van der Waals surface area contributed by atoms with Gasteiger partial charge in [0.1, 0.15) is 5.69 Å². The number of aliphatic hydroxyl groups is 1. The summed E-state index contributed by atoms with van der Waals surface area (Å²) in [4.78, 5) is 14.1. The first-order valence-electron chi connectivity index (χ1n) is 6.81. The van der Waals surface area contributed by atoms with E-state index >= 15 is 0 Å². The van der Waals surface area contributed by atoms with E-state index in [1.165, 1.54) is 19.3 Å². The van der Waals surface area contributed by atoms with E-state index in [4.69, 9.17) is 0 Å². The molecule has 0 radical (unpaired) electrons. The molecular weight excluding hydrogens is 228 g/mol.